The SMILES string of the molecule is CN1C(=O)C2(CCN(C(=O)c3cc(-n4cnnn4)n[nH]3)CC2)c2ccccc21. The molecule has 0 aliphatic carbocycles. The summed E-state index contributed by atoms with van der Waals surface area (Å²) in [7, 11) is 1.82. The van der Waals surface area contributed by atoms with Gasteiger partial charge in [0, 0.05) is 31.9 Å². The number of aromatic nitrogens is 6. The molecule has 2 amide bonds. The van der Waals surface area contributed by atoms with E-state index in [1.54, 1.807) is 15.9 Å². The number of piperidine rings is 1. The average molecular weight is 378 g/mol. The van der Waals surface area contributed by atoms with Crippen LogP contribution in [0.2, 0.25) is 0 Å². The summed E-state index contributed by atoms with van der Waals surface area (Å²) in [5.41, 5.74) is 1.87. The number of likely N-dealkylation sites (N-methyl/N-ethyl adjacent to an activating group) is 1. The second kappa shape index (κ2) is 5.98. The number of tetrazole rings is 1. The van der Waals surface area contributed by atoms with E-state index < -0.39 is 5.41 Å². The zero-order valence-electron chi connectivity index (χ0n) is 15.2. The molecule has 2 aliphatic heterocycles. The normalized spacial score (nSPS) is 18.0. The van der Waals surface area contributed by atoms with Crippen LogP contribution in [0.5, 0.6) is 0 Å². The molecule has 28 heavy (non-hydrogen) atoms. The van der Waals surface area contributed by atoms with Crippen LogP contribution in [0.4, 0.5) is 5.69 Å². The van der Waals surface area contributed by atoms with E-state index in [1.165, 1.54) is 11.0 Å². The lowest BCUT2D eigenvalue weighted by Crippen LogP contribution is -2.49. The monoisotopic (exact) mass is 378 g/mol. The molecule has 0 radical (unpaired) electrons. The van der Waals surface area contributed by atoms with Crippen molar-refractivity contribution in [2.45, 2.75) is 18.3 Å². The van der Waals surface area contributed by atoms with Crippen LogP contribution in [0, 0.1) is 0 Å². The van der Waals surface area contributed by atoms with E-state index in [1.807, 2.05) is 31.3 Å². The summed E-state index contributed by atoms with van der Waals surface area (Å²) >= 11 is 0. The van der Waals surface area contributed by atoms with Crippen LogP contribution >= 0.6 is 0 Å². The third-order valence-corrected chi connectivity index (χ3v) is 5.78. The molecule has 2 aromatic heterocycles. The van der Waals surface area contributed by atoms with Crippen molar-refractivity contribution in [3.63, 3.8) is 0 Å². The van der Waals surface area contributed by atoms with Gasteiger partial charge in [-0.25, -0.2) is 0 Å². The first-order valence-corrected chi connectivity index (χ1v) is 9.06. The first kappa shape index (κ1) is 16.6. The predicted molar refractivity (Wildman–Crippen MR) is 98.0 cm³/mol. The highest BCUT2D eigenvalue weighted by Gasteiger charge is 2.51. The minimum absolute atomic E-state index is 0.114. The van der Waals surface area contributed by atoms with E-state index in [-0.39, 0.29) is 11.8 Å². The fraction of sp³-hybridized carbons (Fsp3) is 0.333. The number of nitrogens with zero attached hydrogens (tertiary/aromatic N) is 7. The van der Waals surface area contributed by atoms with Gasteiger partial charge in [-0.1, -0.05) is 18.2 Å². The van der Waals surface area contributed by atoms with Gasteiger partial charge in [-0.15, -0.1) is 5.10 Å². The maximum absolute atomic E-state index is 13.0. The van der Waals surface area contributed by atoms with E-state index in [4.69, 9.17) is 0 Å². The number of hydrogen-bond acceptors (Lipinski definition) is 6. The molecule has 1 fully saturated rings. The molecular formula is C18H18N8O2. The van der Waals surface area contributed by atoms with Crippen molar-refractivity contribution >= 4 is 17.5 Å². The summed E-state index contributed by atoms with van der Waals surface area (Å²) in [6.45, 7) is 1.01. The Morgan fingerprint density at radius 2 is 2.00 bits per heavy atom. The van der Waals surface area contributed by atoms with Gasteiger partial charge in [0.05, 0.1) is 5.41 Å². The minimum Gasteiger partial charge on any atom is -0.337 e. The highest BCUT2D eigenvalue weighted by molar-refractivity contribution is 6.08. The number of hydrogen-bond donors (Lipinski definition) is 1. The number of anilines is 1. The number of nitrogens with one attached hydrogen (secondary N) is 1. The summed E-state index contributed by atoms with van der Waals surface area (Å²) in [5, 5.41) is 17.7. The molecule has 1 saturated heterocycles. The maximum Gasteiger partial charge on any atom is 0.271 e. The number of H-pyrrole nitrogens is 1. The third kappa shape index (κ3) is 2.27. The predicted octanol–water partition coefficient (Wildman–Crippen LogP) is 0.536. The van der Waals surface area contributed by atoms with Gasteiger partial charge in [0.1, 0.15) is 12.0 Å². The number of likely N-dealkylation sites (tertiary alicyclic amines) is 1. The average Bonchev–Trinajstić information content (AvgIpc) is 3.46. The zero-order valence-corrected chi connectivity index (χ0v) is 15.2. The van der Waals surface area contributed by atoms with Crippen LogP contribution in [0.15, 0.2) is 36.7 Å². The van der Waals surface area contributed by atoms with Gasteiger partial charge in [-0.3, -0.25) is 14.7 Å². The Bertz CT molecular complexity index is 1050. The van der Waals surface area contributed by atoms with Gasteiger partial charge in [0.25, 0.3) is 5.91 Å². The van der Waals surface area contributed by atoms with Crippen LogP contribution in [0.25, 0.3) is 5.82 Å². The van der Waals surface area contributed by atoms with Gasteiger partial charge >= 0.3 is 0 Å². The molecule has 1 N–H and O–H groups in total. The highest BCUT2D eigenvalue weighted by Crippen LogP contribution is 2.47. The molecule has 0 bridgehead atoms. The zero-order chi connectivity index (χ0) is 19.3. The molecule has 3 aromatic rings. The van der Waals surface area contributed by atoms with Gasteiger partial charge in [0.2, 0.25) is 5.91 Å². The van der Waals surface area contributed by atoms with Crippen molar-refractivity contribution in [2.24, 2.45) is 0 Å². The quantitative estimate of drug-likeness (QED) is 0.696. The number of aromatic amines is 1. The second-order valence-electron chi connectivity index (χ2n) is 7.15. The summed E-state index contributed by atoms with van der Waals surface area (Å²) < 4.78 is 1.38. The van der Waals surface area contributed by atoms with Crippen LogP contribution < -0.4 is 4.90 Å². The number of carbonyl (C=O) groups is 2. The van der Waals surface area contributed by atoms with Crippen molar-refractivity contribution in [1.82, 2.24) is 35.3 Å². The summed E-state index contributed by atoms with van der Waals surface area (Å²) in [4.78, 5) is 29.4. The molecule has 10 heteroatoms. The Hall–Kier alpha value is -3.56. The number of rotatable bonds is 2. The number of para-hydroxylation sites is 1. The summed E-state index contributed by atoms with van der Waals surface area (Å²) in [6.07, 6.45) is 2.62. The standard InChI is InChI=1S/C18H18N8O2/c1-24-14-5-3-2-4-12(14)18(17(24)28)6-8-25(9-7-18)16(27)13-10-15(21-20-13)26-11-19-22-23-26/h2-5,10-11H,6-9H2,1H3,(H,20,21). The number of fused-ring (bicyclic) bond motifs is 2. The molecule has 1 aromatic carbocycles. The molecule has 4 heterocycles. The Labute approximate surface area is 160 Å². The van der Waals surface area contributed by atoms with Crippen molar-refractivity contribution < 1.29 is 9.59 Å². The molecule has 0 saturated carbocycles. The highest BCUT2D eigenvalue weighted by atomic mass is 16.2. The third-order valence-electron chi connectivity index (χ3n) is 5.78. The van der Waals surface area contributed by atoms with E-state index in [2.05, 4.69) is 25.7 Å². The Morgan fingerprint density at radius 3 is 2.75 bits per heavy atom. The van der Waals surface area contributed by atoms with E-state index in [0.717, 1.165) is 11.3 Å². The van der Waals surface area contributed by atoms with Crippen LogP contribution in [0.3, 0.4) is 0 Å². The van der Waals surface area contributed by atoms with Gasteiger partial charge in [-0.2, -0.15) is 9.78 Å². The summed E-state index contributed by atoms with van der Waals surface area (Å²) in [6, 6.07) is 9.54. The second-order valence-corrected chi connectivity index (χ2v) is 7.15. The summed E-state index contributed by atoms with van der Waals surface area (Å²) in [5.74, 6) is 0.417. The lowest BCUT2D eigenvalue weighted by molar-refractivity contribution is -0.124. The number of benzene rings is 1. The van der Waals surface area contributed by atoms with Gasteiger partial charge in [0.15, 0.2) is 5.82 Å². The molecule has 142 valence electrons. The molecule has 5 rings (SSSR count). The fourth-order valence-electron chi connectivity index (χ4n) is 4.27. The lowest BCUT2D eigenvalue weighted by Gasteiger charge is -2.38. The van der Waals surface area contributed by atoms with Gasteiger partial charge < -0.3 is 9.80 Å². The molecule has 0 unspecified atom stereocenters. The molecule has 0 atom stereocenters. The van der Waals surface area contributed by atoms with Crippen molar-refractivity contribution in [3.8, 4) is 5.82 Å². The molecular weight excluding hydrogens is 360 g/mol. The smallest absolute Gasteiger partial charge is 0.271 e. The Kier molecular flexibility index (Phi) is 3.54. The van der Waals surface area contributed by atoms with E-state index in [0.29, 0.717) is 37.4 Å². The Balaban J connectivity index is 1.35. The van der Waals surface area contributed by atoms with E-state index in [9.17, 15) is 9.59 Å². The van der Waals surface area contributed by atoms with Crippen molar-refractivity contribution in [3.05, 3.63) is 47.9 Å². The van der Waals surface area contributed by atoms with Crippen LogP contribution in [-0.2, 0) is 10.2 Å². The number of amides is 2. The van der Waals surface area contributed by atoms with Crippen molar-refractivity contribution in [1.29, 1.82) is 0 Å². The fourth-order valence-corrected chi connectivity index (χ4v) is 4.27. The van der Waals surface area contributed by atoms with Crippen LogP contribution in [0.1, 0.15) is 28.9 Å². The first-order chi connectivity index (χ1) is 13.6. The van der Waals surface area contributed by atoms with Crippen molar-refractivity contribution in [2.75, 3.05) is 25.0 Å². The van der Waals surface area contributed by atoms with Gasteiger partial charge in [-0.05, 0) is 34.9 Å². The van der Waals surface area contributed by atoms with E-state index >= 15 is 0 Å². The first-order valence-electron chi connectivity index (χ1n) is 9.06. The van der Waals surface area contributed by atoms with Crippen LogP contribution in [-0.4, -0.2) is 67.3 Å². The molecule has 2 aliphatic rings. The minimum atomic E-state index is -0.534. The number of carbonyl (C=O) groups excluding carboxylic acids is 2. The Morgan fingerprint density at radius 1 is 1.21 bits per heavy atom. The lowest BCUT2D eigenvalue weighted by atomic mass is 9.73. The largest absolute Gasteiger partial charge is 0.337 e. The molecule has 1 spiro atoms. The molecule has 10 nitrogen and oxygen atoms in total. The maximum atomic E-state index is 13.0. The topological polar surface area (TPSA) is 113 Å².